The minimum absolute atomic E-state index is 0.867. The van der Waals surface area contributed by atoms with Gasteiger partial charge < -0.3 is 15.5 Å². The molecule has 0 amide bonds. The standard InChI is InChI=1S/C16H22N4/c1-5-17-16-11-14(8-9-18-16)19-13-7-6-12(2)15(10-13)20(3)4/h6-11H,5H2,1-4H3,(H2,17,18,19). The molecular weight excluding hydrogens is 248 g/mol. The number of aryl methyl sites for hydroxylation is 1. The molecule has 0 saturated heterocycles. The van der Waals surface area contributed by atoms with E-state index in [0.717, 1.165) is 23.7 Å². The molecule has 0 saturated carbocycles. The molecule has 0 atom stereocenters. The van der Waals surface area contributed by atoms with Crippen LogP contribution in [0, 0.1) is 6.92 Å². The van der Waals surface area contributed by atoms with Crippen molar-refractivity contribution >= 4 is 22.9 Å². The molecule has 0 aliphatic carbocycles. The van der Waals surface area contributed by atoms with Gasteiger partial charge in [0.1, 0.15) is 5.82 Å². The van der Waals surface area contributed by atoms with Crippen LogP contribution in [0.4, 0.5) is 22.9 Å². The Morgan fingerprint density at radius 2 is 1.85 bits per heavy atom. The highest BCUT2D eigenvalue weighted by molar-refractivity contribution is 5.68. The van der Waals surface area contributed by atoms with Crippen LogP contribution in [-0.4, -0.2) is 25.6 Å². The molecule has 1 aromatic heterocycles. The Hall–Kier alpha value is -2.23. The van der Waals surface area contributed by atoms with Crippen molar-refractivity contribution < 1.29 is 0 Å². The van der Waals surface area contributed by atoms with Crippen molar-refractivity contribution in [2.24, 2.45) is 0 Å². The van der Waals surface area contributed by atoms with E-state index in [4.69, 9.17) is 0 Å². The first-order valence-electron chi connectivity index (χ1n) is 6.85. The van der Waals surface area contributed by atoms with Gasteiger partial charge >= 0.3 is 0 Å². The van der Waals surface area contributed by atoms with Gasteiger partial charge in [0.05, 0.1) is 0 Å². The van der Waals surface area contributed by atoms with E-state index < -0.39 is 0 Å². The van der Waals surface area contributed by atoms with Gasteiger partial charge in [-0.25, -0.2) is 4.98 Å². The van der Waals surface area contributed by atoms with Crippen LogP contribution in [-0.2, 0) is 0 Å². The summed E-state index contributed by atoms with van der Waals surface area (Å²) in [6.45, 7) is 5.05. The van der Waals surface area contributed by atoms with Gasteiger partial charge in [-0.15, -0.1) is 0 Å². The first-order valence-corrected chi connectivity index (χ1v) is 6.85. The summed E-state index contributed by atoms with van der Waals surface area (Å²) in [5, 5.41) is 6.63. The molecule has 0 spiro atoms. The number of rotatable bonds is 5. The van der Waals surface area contributed by atoms with E-state index in [1.54, 1.807) is 6.20 Å². The Bertz CT molecular complexity index is 578. The zero-order chi connectivity index (χ0) is 14.5. The molecular formula is C16H22N4. The third-order valence-corrected chi connectivity index (χ3v) is 3.10. The average Bonchev–Trinajstić information content (AvgIpc) is 2.41. The first-order chi connectivity index (χ1) is 9.60. The smallest absolute Gasteiger partial charge is 0.127 e. The molecule has 0 unspecified atom stereocenters. The minimum Gasteiger partial charge on any atom is -0.377 e. The van der Waals surface area contributed by atoms with Gasteiger partial charge in [-0.05, 0) is 37.6 Å². The fraction of sp³-hybridized carbons (Fsp3) is 0.312. The third kappa shape index (κ3) is 3.41. The van der Waals surface area contributed by atoms with E-state index in [1.165, 1.54) is 11.3 Å². The maximum atomic E-state index is 4.27. The molecule has 4 heteroatoms. The van der Waals surface area contributed by atoms with Gasteiger partial charge in [0.15, 0.2) is 0 Å². The predicted octanol–water partition coefficient (Wildman–Crippen LogP) is 3.63. The van der Waals surface area contributed by atoms with Gasteiger partial charge in [0.2, 0.25) is 0 Å². The molecule has 2 aromatic rings. The molecule has 0 radical (unpaired) electrons. The summed E-state index contributed by atoms with van der Waals surface area (Å²) in [6, 6.07) is 10.4. The monoisotopic (exact) mass is 270 g/mol. The summed E-state index contributed by atoms with van der Waals surface area (Å²) in [6.07, 6.45) is 1.81. The molecule has 1 aromatic carbocycles. The van der Waals surface area contributed by atoms with Gasteiger partial charge in [0.25, 0.3) is 0 Å². The van der Waals surface area contributed by atoms with Gasteiger partial charge in [-0.3, -0.25) is 0 Å². The molecule has 4 nitrogen and oxygen atoms in total. The number of nitrogens with zero attached hydrogens (tertiary/aromatic N) is 2. The van der Waals surface area contributed by atoms with Crippen molar-refractivity contribution in [3.05, 3.63) is 42.1 Å². The largest absolute Gasteiger partial charge is 0.377 e. The molecule has 2 rings (SSSR count). The summed E-state index contributed by atoms with van der Waals surface area (Å²) < 4.78 is 0. The third-order valence-electron chi connectivity index (χ3n) is 3.10. The van der Waals surface area contributed by atoms with E-state index >= 15 is 0 Å². The second kappa shape index (κ2) is 6.28. The van der Waals surface area contributed by atoms with Crippen molar-refractivity contribution in [2.75, 3.05) is 36.2 Å². The fourth-order valence-corrected chi connectivity index (χ4v) is 2.12. The molecule has 0 aliphatic rings. The Morgan fingerprint density at radius 1 is 1.10 bits per heavy atom. The Balaban J connectivity index is 2.21. The second-order valence-corrected chi connectivity index (χ2v) is 4.98. The molecule has 106 valence electrons. The van der Waals surface area contributed by atoms with Crippen molar-refractivity contribution in [1.29, 1.82) is 0 Å². The van der Waals surface area contributed by atoms with Crippen LogP contribution in [0.2, 0.25) is 0 Å². The molecule has 0 bridgehead atoms. The zero-order valence-corrected chi connectivity index (χ0v) is 12.6. The number of nitrogens with one attached hydrogen (secondary N) is 2. The van der Waals surface area contributed by atoms with Crippen molar-refractivity contribution in [3.63, 3.8) is 0 Å². The van der Waals surface area contributed by atoms with E-state index in [2.05, 4.69) is 66.7 Å². The summed E-state index contributed by atoms with van der Waals surface area (Å²) in [7, 11) is 4.11. The number of pyridine rings is 1. The number of aromatic nitrogens is 1. The fourth-order valence-electron chi connectivity index (χ4n) is 2.12. The molecule has 0 aliphatic heterocycles. The van der Waals surface area contributed by atoms with E-state index in [0.29, 0.717) is 0 Å². The van der Waals surface area contributed by atoms with Crippen molar-refractivity contribution in [2.45, 2.75) is 13.8 Å². The molecule has 1 heterocycles. The van der Waals surface area contributed by atoms with Crippen LogP contribution in [0.15, 0.2) is 36.5 Å². The first kappa shape index (κ1) is 14.2. The zero-order valence-electron chi connectivity index (χ0n) is 12.6. The summed E-state index contributed by atoms with van der Waals surface area (Å²) in [5.74, 6) is 0.887. The highest BCUT2D eigenvalue weighted by Crippen LogP contribution is 2.25. The summed E-state index contributed by atoms with van der Waals surface area (Å²) >= 11 is 0. The maximum absolute atomic E-state index is 4.27. The molecule has 2 N–H and O–H groups in total. The van der Waals surface area contributed by atoms with E-state index in [-0.39, 0.29) is 0 Å². The van der Waals surface area contributed by atoms with Crippen LogP contribution in [0.25, 0.3) is 0 Å². The lowest BCUT2D eigenvalue weighted by Crippen LogP contribution is -2.10. The van der Waals surface area contributed by atoms with Crippen LogP contribution < -0.4 is 15.5 Å². The lowest BCUT2D eigenvalue weighted by atomic mass is 10.1. The minimum atomic E-state index is 0.867. The highest BCUT2D eigenvalue weighted by atomic mass is 15.1. The molecule has 20 heavy (non-hydrogen) atoms. The van der Waals surface area contributed by atoms with E-state index in [1.807, 2.05) is 12.1 Å². The number of benzene rings is 1. The second-order valence-electron chi connectivity index (χ2n) is 4.98. The highest BCUT2D eigenvalue weighted by Gasteiger charge is 2.03. The Morgan fingerprint density at radius 3 is 2.55 bits per heavy atom. The predicted molar refractivity (Wildman–Crippen MR) is 87.2 cm³/mol. The van der Waals surface area contributed by atoms with Gasteiger partial charge in [-0.1, -0.05) is 6.07 Å². The van der Waals surface area contributed by atoms with Gasteiger partial charge in [-0.2, -0.15) is 0 Å². The summed E-state index contributed by atoms with van der Waals surface area (Å²) in [5.41, 5.74) is 4.59. The van der Waals surface area contributed by atoms with Crippen LogP contribution in [0.5, 0.6) is 0 Å². The number of hydrogen-bond acceptors (Lipinski definition) is 4. The Kier molecular flexibility index (Phi) is 4.45. The SMILES string of the molecule is CCNc1cc(Nc2ccc(C)c(N(C)C)c2)ccn1. The number of anilines is 4. The van der Waals surface area contributed by atoms with Crippen LogP contribution in [0.3, 0.4) is 0 Å². The van der Waals surface area contributed by atoms with Crippen molar-refractivity contribution in [3.8, 4) is 0 Å². The number of hydrogen-bond donors (Lipinski definition) is 2. The quantitative estimate of drug-likeness (QED) is 0.870. The lowest BCUT2D eigenvalue weighted by Gasteiger charge is -2.17. The topological polar surface area (TPSA) is 40.2 Å². The maximum Gasteiger partial charge on any atom is 0.127 e. The van der Waals surface area contributed by atoms with Crippen molar-refractivity contribution in [1.82, 2.24) is 4.98 Å². The van der Waals surface area contributed by atoms with Crippen LogP contribution >= 0.6 is 0 Å². The normalized spacial score (nSPS) is 10.2. The lowest BCUT2D eigenvalue weighted by molar-refractivity contribution is 1.11. The van der Waals surface area contributed by atoms with Crippen LogP contribution in [0.1, 0.15) is 12.5 Å². The average molecular weight is 270 g/mol. The van der Waals surface area contributed by atoms with E-state index in [9.17, 15) is 0 Å². The Labute approximate surface area is 120 Å². The molecule has 0 fully saturated rings. The summed E-state index contributed by atoms with van der Waals surface area (Å²) in [4.78, 5) is 6.39. The van der Waals surface area contributed by atoms with Gasteiger partial charge in [0, 0.05) is 50.0 Å².